The highest BCUT2D eigenvalue weighted by atomic mass is 16.2. The van der Waals surface area contributed by atoms with E-state index in [4.69, 9.17) is 0 Å². The van der Waals surface area contributed by atoms with Crippen molar-refractivity contribution in [3.8, 4) is 0 Å². The van der Waals surface area contributed by atoms with Gasteiger partial charge < -0.3 is 4.90 Å². The molecule has 1 amide bonds. The molecule has 0 radical (unpaired) electrons. The molecule has 2 aromatic carbocycles. The van der Waals surface area contributed by atoms with Gasteiger partial charge in [0.1, 0.15) is 0 Å². The van der Waals surface area contributed by atoms with Gasteiger partial charge in [-0.3, -0.25) is 9.69 Å². The van der Waals surface area contributed by atoms with Crippen molar-refractivity contribution in [3.05, 3.63) is 70.8 Å². The van der Waals surface area contributed by atoms with Crippen molar-refractivity contribution in [2.45, 2.75) is 52.5 Å². The van der Waals surface area contributed by atoms with Crippen LogP contribution in [-0.4, -0.2) is 41.9 Å². The lowest BCUT2D eigenvalue weighted by Gasteiger charge is -2.35. The van der Waals surface area contributed by atoms with Gasteiger partial charge in [-0.2, -0.15) is 0 Å². The fourth-order valence-corrected chi connectivity index (χ4v) is 3.73. The van der Waals surface area contributed by atoms with Gasteiger partial charge in [0.15, 0.2) is 0 Å². The van der Waals surface area contributed by atoms with Crippen LogP contribution in [0.3, 0.4) is 0 Å². The number of hydrogen-bond acceptors (Lipinski definition) is 2. The summed E-state index contributed by atoms with van der Waals surface area (Å²) in [5.41, 5.74) is 5.18. The van der Waals surface area contributed by atoms with Gasteiger partial charge in [0, 0.05) is 32.7 Å². The van der Waals surface area contributed by atoms with Gasteiger partial charge in [0.2, 0.25) is 5.91 Å². The van der Waals surface area contributed by atoms with Crippen LogP contribution >= 0.6 is 0 Å². The van der Waals surface area contributed by atoms with E-state index in [1.165, 1.54) is 16.7 Å². The predicted molar refractivity (Wildman–Crippen MR) is 117 cm³/mol. The number of rotatable bonds is 6. The van der Waals surface area contributed by atoms with E-state index in [0.29, 0.717) is 18.3 Å². The highest BCUT2D eigenvalue weighted by Gasteiger charge is 2.21. The molecule has 150 valence electrons. The lowest BCUT2D eigenvalue weighted by Crippen LogP contribution is -2.48. The van der Waals surface area contributed by atoms with Gasteiger partial charge in [-0.1, -0.05) is 76.2 Å². The van der Waals surface area contributed by atoms with Gasteiger partial charge in [-0.15, -0.1) is 0 Å². The zero-order chi connectivity index (χ0) is 20.1. The molecule has 0 unspecified atom stereocenters. The average Bonchev–Trinajstić information content (AvgIpc) is 2.69. The fourth-order valence-electron chi connectivity index (χ4n) is 3.73. The lowest BCUT2D eigenvalue weighted by atomic mass is 10.0. The third-order valence-electron chi connectivity index (χ3n) is 5.78. The largest absolute Gasteiger partial charge is 0.340 e. The van der Waals surface area contributed by atoms with Crippen LogP contribution in [0, 0.1) is 0 Å². The first-order valence-electron chi connectivity index (χ1n) is 10.6. The van der Waals surface area contributed by atoms with Crippen LogP contribution in [0.15, 0.2) is 48.5 Å². The molecule has 1 fully saturated rings. The molecule has 1 saturated heterocycles. The summed E-state index contributed by atoms with van der Waals surface area (Å²) in [5, 5.41) is 0. The number of piperazine rings is 1. The van der Waals surface area contributed by atoms with Crippen molar-refractivity contribution in [1.82, 2.24) is 9.80 Å². The summed E-state index contributed by atoms with van der Waals surface area (Å²) in [7, 11) is 0. The summed E-state index contributed by atoms with van der Waals surface area (Å²) in [5.74, 6) is 1.35. The lowest BCUT2D eigenvalue weighted by molar-refractivity contribution is -0.132. The first-order chi connectivity index (χ1) is 13.4. The smallest absolute Gasteiger partial charge is 0.227 e. The van der Waals surface area contributed by atoms with Crippen molar-refractivity contribution >= 4 is 5.91 Å². The third kappa shape index (κ3) is 5.45. The normalized spacial score (nSPS) is 15.4. The summed E-state index contributed by atoms with van der Waals surface area (Å²) >= 11 is 0. The molecule has 0 N–H and O–H groups in total. The van der Waals surface area contributed by atoms with Crippen LogP contribution in [0.2, 0.25) is 0 Å². The number of carbonyl (C=O) groups is 1. The minimum atomic E-state index is 0.248. The molecule has 2 aromatic rings. The molecule has 3 nitrogen and oxygen atoms in total. The molecule has 1 aliphatic rings. The van der Waals surface area contributed by atoms with E-state index in [-0.39, 0.29) is 5.91 Å². The highest BCUT2D eigenvalue weighted by molar-refractivity contribution is 5.78. The van der Waals surface area contributed by atoms with Crippen LogP contribution in [0.5, 0.6) is 0 Å². The zero-order valence-electron chi connectivity index (χ0n) is 17.8. The molecule has 1 heterocycles. The molecule has 0 spiro atoms. The van der Waals surface area contributed by atoms with Crippen molar-refractivity contribution < 1.29 is 4.79 Å². The molecule has 0 bridgehead atoms. The molecule has 3 rings (SSSR count). The SMILES string of the molecule is CC(C)c1ccc(CC(=O)N2CCN(Cc3ccc(C(C)C)cc3)CC2)cc1. The second kappa shape index (κ2) is 9.38. The van der Waals surface area contributed by atoms with E-state index < -0.39 is 0 Å². The molecular formula is C25H34N2O. The molecule has 3 heteroatoms. The predicted octanol–water partition coefficient (Wildman–Crippen LogP) is 4.82. The first-order valence-corrected chi connectivity index (χ1v) is 10.6. The van der Waals surface area contributed by atoms with Crippen LogP contribution in [-0.2, 0) is 17.8 Å². The van der Waals surface area contributed by atoms with E-state index in [2.05, 4.69) is 81.1 Å². The molecule has 1 aliphatic heterocycles. The summed E-state index contributed by atoms with van der Waals surface area (Å²) in [6, 6.07) is 17.5. The molecule has 0 aromatic heterocycles. The summed E-state index contributed by atoms with van der Waals surface area (Å²) in [6.07, 6.45) is 0.509. The molecule has 0 saturated carbocycles. The Kier molecular flexibility index (Phi) is 6.90. The summed E-state index contributed by atoms with van der Waals surface area (Å²) in [4.78, 5) is 17.1. The van der Waals surface area contributed by atoms with E-state index in [9.17, 15) is 4.79 Å². The molecule has 0 aliphatic carbocycles. The number of amides is 1. The Balaban J connectivity index is 1.47. The maximum atomic E-state index is 12.7. The van der Waals surface area contributed by atoms with E-state index in [1.807, 2.05) is 4.90 Å². The molecular weight excluding hydrogens is 344 g/mol. The topological polar surface area (TPSA) is 23.6 Å². The molecule has 0 atom stereocenters. The zero-order valence-corrected chi connectivity index (χ0v) is 17.8. The van der Waals surface area contributed by atoms with Gasteiger partial charge in [0.05, 0.1) is 6.42 Å². The van der Waals surface area contributed by atoms with Crippen LogP contribution in [0.1, 0.15) is 61.8 Å². The van der Waals surface area contributed by atoms with Crippen LogP contribution < -0.4 is 0 Å². The number of nitrogens with zero attached hydrogens (tertiary/aromatic N) is 2. The number of hydrogen-bond donors (Lipinski definition) is 0. The maximum Gasteiger partial charge on any atom is 0.227 e. The Morgan fingerprint density at radius 3 is 1.68 bits per heavy atom. The van der Waals surface area contributed by atoms with E-state index in [0.717, 1.165) is 38.3 Å². The van der Waals surface area contributed by atoms with Crippen LogP contribution in [0.4, 0.5) is 0 Å². The standard InChI is InChI=1S/C25H34N2O/c1-19(2)23-9-5-21(6-10-23)17-25(28)27-15-13-26(14-16-27)18-22-7-11-24(12-8-22)20(3)4/h5-12,19-20H,13-18H2,1-4H3. The van der Waals surface area contributed by atoms with Crippen LogP contribution in [0.25, 0.3) is 0 Å². The Bertz CT molecular complexity index is 754. The fraction of sp³-hybridized carbons (Fsp3) is 0.480. The first kappa shape index (κ1) is 20.6. The van der Waals surface area contributed by atoms with Crippen molar-refractivity contribution in [3.63, 3.8) is 0 Å². The van der Waals surface area contributed by atoms with Crippen molar-refractivity contribution in [2.24, 2.45) is 0 Å². The molecule has 28 heavy (non-hydrogen) atoms. The summed E-state index contributed by atoms with van der Waals surface area (Å²) < 4.78 is 0. The number of benzene rings is 2. The van der Waals surface area contributed by atoms with Gasteiger partial charge in [0.25, 0.3) is 0 Å². The van der Waals surface area contributed by atoms with Gasteiger partial charge in [-0.05, 0) is 34.1 Å². The van der Waals surface area contributed by atoms with E-state index >= 15 is 0 Å². The second-order valence-electron chi connectivity index (χ2n) is 8.63. The maximum absolute atomic E-state index is 12.7. The van der Waals surface area contributed by atoms with Crippen molar-refractivity contribution in [1.29, 1.82) is 0 Å². The van der Waals surface area contributed by atoms with Gasteiger partial charge in [-0.25, -0.2) is 0 Å². The third-order valence-corrected chi connectivity index (χ3v) is 5.78. The monoisotopic (exact) mass is 378 g/mol. The van der Waals surface area contributed by atoms with E-state index in [1.54, 1.807) is 0 Å². The second-order valence-corrected chi connectivity index (χ2v) is 8.63. The van der Waals surface area contributed by atoms with Crippen molar-refractivity contribution in [2.75, 3.05) is 26.2 Å². The Morgan fingerprint density at radius 2 is 1.21 bits per heavy atom. The highest BCUT2D eigenvalue weighted by Crippen LogP contribution is 2.17. The van der Waals surface area contributed by atoms with Gasteiger partial charge >= 0.3 is 0 Å². The summed E-state index contributed by atoms with van der Waals surface area (Å²) in [6.45, 7) is 13.4. The Morgan fingerprint density at radius 1 is 0.750 bits per heavy atom. The number of carbonyl (C=O) groups excluding carboxylic acids is 1. The Hall–Kier alpha value is -2.13. The quantitative estimate of drug-likeness (QED) is 0.719. The average molecular weight is 379 g/mol. The minimum absolute atomic E-state index is 0.248. The Labute approximate surface area is 170 Å². The minimum Gasteiger partial charge on any atom is -0.340 e.